The summed E-state index contributed by atoms with van der Waals surface area (Å²) in [6.07, 6.45) is 2.63. The predicted octanol–water partition coefficient (Wildman–Crippen LogP) is 2.06. The van der Waals surface area contributed by atoms with Crippen molar-refractivity contribution in [3.63, 3.8) is 0 Å². The van der Waals surface area contributed by atoms with Gasteiger partial charge in [-0.05, 0) is 24.6 Å². The van der Waals surface area contributed by atoms with Crippen LogP contribution in [0.15, 0.2) is 30.0 Å². The van der Waals surface area contributed by atoms with Crippen LogP contribution in [-0.4, -0.2) is 12.4 Å². The van der Waals surface area contributed by atoms with Crippen molar-refractivity contribution >= 4 is 11.5 Å². The van der Waals surface area contributed by atoms with Gasteiger partial charge >= 0.3 is 0 Å². The maximum Gasteiger partial charge on any atom is 0.227 e. The molecule has 0 saturated carbocycles. The molecule has 2 rings (SSSR count). The number of hydrogen-bond acceptors (Lipinski definition) is 3. The molecule has 1 aromatic rings. The normalized spacial score (nSPS) is 14.6. The van der Waals surface area contributed by atoms with Crippen LogP contribution in [0, 0.1) is 6.92 Å². The molecule has 0 aromatic heterocycles. The van der Waals surface area contributed by atoms with Gasteiger partial charge in [-0.3, -0.25) is 4.79 Å². The van der Waals surface area contributed by atoms with E-state index in [1.54, 1.807) is 18.2 Å². The lowest BCUT2D eigenvalue weighted by molar-refractivity contribution is 0.0942. The van der Waals surface area contributed by atoms with Crippen LogP contribution in [0.3, 0.4) is 0 Å². The van der Waals surface area contributed by atoms with Gasteiger partial charge in [-0.15, -0.1) is 0 Å². The summed E-state index contributed by atoms with van der Waals surface area (Å²) in [5, 5.41) is 0. The van der Waals surface area contributed by atoms with E-state index in [1.807, 2.05) is 13.0 Å². The van der Waals surface area contributed by atoms with Gasteiger partial charge in [0.05, 0.1) is 6.61 Å². The second kappa shape index (κ2) is 3.77. The van der Waals surface area contributed by atoms with Gasteiger partial charge in [0.1, 0.15) is 0 Å². The molecule has 0 saturated heterocycles. The maximum absolute atomic E-state index is 12.0. The van der Waals surface area contributed by atoms with Crippen molar-refractivity contribution in [2.45, 2.75) is 13.3 Å². The van der Waals surface area contributed by atoms with E-state index in [-0.39, 0.29) is 5.78 Å². The van der Waals surface area contributed by atoms with Crippen molar-refractivity contribution in [2.75, 3.05) is 12.3 Å². The summed E-state index contributed by atoms with van der Waals surface area (Å²) in [5.74, 6) is 0.376. The van der Waals surface area contributed by atoms with Gasteiger partial charge in [-0.2, -0.15) is 0 Å². The van der Waals surface area contributed by atoms with Crippen LogP contribution >= 0.6 is 0 Å². The average Bonchev–Trinajstić information content (AvgIpc) is 2.74. The number of ether oxygens (including phenoxy) is 1. The molecule has 0 radical (unpaired) electrons. The van der Waals surface area contributed by atoms with Crippen molar-refractivity contribution in [3.05, 3.63) is 41.2 Å². The minimum atomic E-state index is -0.0719. The Bertz CT molecular complexity index is 435. The SMILES string of the molecule is Cc1c(N)cccc1C(=O)C1=CCCO1. The lowest BCUT2D eigenvalue weighted by atomic mass is 10.0. The number of Topliss-reactive ketones (excluding diaryl/α,β-unsaturated/α-hetero) is 1. The lowest BCUT2D eigenvalue weighted by Gasteiger charge is -2.07. The van der Waals surface area contributed by atoms with Gasteiger partial charge in [-0.25, -0.2) is 0 Å². The highest BCUT2D eigenvalue weighted by atomic mass is 16.5. The van der Waals surface area contributed by atoms with Crippen LogP contribution in [0.4, 0.5) is 5.69 Å². The number of ketones is 1. The Morgan fingerprint density at radius 1 is 1.47 bits per heavy atom. The standard InChI is InChI=1S/C12H13NO2/c1-8-9(4-2-5-10(8)13)12(14)11-6-3-7-15-11/h2,4-6H,3,7,13H2,1H3. The van der Waals surface area contributed by atoms with Crippen molar-refractivity contribution in [1.29, 1.82) is 0 Å². The van der Waals surface area contributed by atoms with Gasteiger partial charge in [0, 0.05) is 17.7 Å². The zero-order valence-corrected chi connectivity index (χ0v) is 8.62. The fraction of sp³-hybridized carbons (Fsp3) is 0.250. The highest BCUT2D eigenvalue weighted by Crippen LogP contribution is 2.21. The number of anilines is 1. The van der Waals surface area contributed by atoms with E-state index in [0.717, 1.165) is 12.0 Å². The lowest BCUT2D eigenvalue weighted by Crippen LogP contribution is -2.07. The molecule has 2 N–H and O–H groups in total. The second-order valence-electron chi connectivity index (χ2n) is 3.55. The first kappa shape index (κ1) is 9.77. The molecule has 3 nitrogen and oxygen atoms in total. The first-order valence-electron chi connectivity index (χ1n) is 4.93. The highest BCUT2D eigenvalue weighted by molar-refractivity contribution is 6.09. The molecule has 15 heavy (non-hydrogen) atoms. The molecule has 78 valence electrons. The average molecular weight is 203 g/mol. The van der Waals surface area contributed by atoms with Crippen LogP contribution in [0.1, 0.15) is 22.3 Å². The summed E-state index contributed by atoms with van der Waals surface area (Å²) in [6, 6.07) is 5.34. The number of benzene rings is 1. The molecule has 0 aliphatic carbocycles. The smallest absolute Gasteiger partial charge is 0.227 e. The van der Waals surface area contributed by atoms with Gasteiger partial charge in [-0.1, -0.05) is 12.1 Å². The number of hydrogen-bond donors (Lipinski definition) is 1. The Labute approximate surface area is 88.5 Å². The first-order valence-corrected chi connectivity index (χ1v) is 4.93. The Morgan fingerprint density at radius 3 is 2.93 bits per heavy atom. The molecular weight excluding hydrogens is 190 g/mol. The predicted molar refractivity (Wildman–Crippen MR) is 58.6 cm³/mol. The van der Waals surface area contributed by atoms with Crippen molar-refractivity contribution < 1.29 is 9.53 Å². The summed E-state index contributed by atoms with van der Waals surface area (Å²) < 4.78 is 5.23. The fourth-order valence-electron chi connectivity index (χ4n) is 1.61. The van der Waals surface area contributed by atoms with Crippen LogP contribution < -0.4 is 5.73 Å². The van der Waals surface area contributed by atoms with Gasteiger partial charge in [0.25, 0.3) is 0 Å². The van der Waals surface area contributed by atoms with Crippen molar-refractivity contribution in [2.24, 2.45) is 0 Å². The third-order valence-electron chi connectivity index (χ3n) is 2.55. The van der Waals surface area contributed by atoms with E-state index in [4.69, 9.17) is 10.5 Å². The molecular formula is C12H13NO2. The largest absolute Gasteiger partial charge is 0.489 e. The van der Waals surface area contributed by atoms with E-state index in [9.17, 15) is 4.79 Å². The van der Waals surface area contributed by atoms with Crippen LogP contribution in [0.25, 0.3) is 0 Å². The zero-order valence-electron chi connectivity index (χ0n) is 8.62. The molecule has 0 fully saturated rings. The first-order chi connectivity index (χ1) is 7.20. The number of carbonyl (C=O) groups is 1. The zero-order chi connectivity index (χ0) is 10.8. The molecule has 1 heterocycles. The van der Waals surface area contributed by atoms with Crippen LogP contribution in [0.2, 0.25) is 0 Å². The van der Waals surface area contributed by atoms with E-state index in [1.165, 1.54) is 0 Å². The number of nitrogen functional groups attached to an aromatic ring is 1. The highest BCUT2D eigenvalue weighted by Gasteiger charge is 2.19. The monoisotopic (exact) mass is 203 g/mol. The molecule has 0 unspecified atom stereocenters. The topological polar surface area (TPSA) is 52.3 Å². The summed E-state index contributed by atoms with van der Waals surface area (Å²) in [5.41, 5.74) is 7.83. The van der Waals surface area contributed by atoms with E-state index < -0.39 is 0 Å². The Hall–Kier alpha value is -1.77. The number of carbonyl (C=O) groups excluding carboxylic acids is 1. The van der Waals surface area contributed by atoms with E-state index in [2.05, 4.69) is 0 Å². The summed E-state index contributed by atoms with van der Waals surface area (Å²) in [4.78, 5) is 12.0. The molecule has 1 aliphatic rings. The molecule has 0 spiro atoms. The number of allylic oxidation sites excluding steroid dienone is 1. The van der Waals surface area contributed by atoms with Gasteiger partial charge in [0.15, 0.2) is 5.76 Å². The molecule has 0 amide bonds. The Morgan fingerprint density at radius 2 is 2.27 bits per heavy atom. The summed E-state index contributed by atoms with van der Waals surface area (Å²) in [6.45, 7) is 2.44. The Kier molecular flexibility index (Phi) is 2.46. The number of nitrogens with two attached hydrogens (primary N) is 1. The summed E-state index contributed by atoms with van der Waals surface area (Å²) >= 11 is 0. The molecule has 0 bridgehead atoms. The summed E-state index contributed by atoms with van der Waals surface area (Å²) in [7, 11) is 0. The van der Waals surface area contributed by atoms with Crippen molar-refractivity contribution in [1.82, 2.24) is 0 Å². The van der Waals surface area contributed by atoms with Crippen LogP contribution in [-0.2, 0) is 4.74 Å². The van der Waals surface area contributed by atoms with E-state index >= 15 is 0 Å². The quantitative estimate of drug-likeness (QED) is 0.591. The van der Waals surface area contributed by atoms with Crippen molar-refractivity contribution in [3.8, 4) is 0 Å². The number of rotatable bonds is 2. The third kappa shape index (κ3) is 1.73. The van der Waals surface area contributed by atoms with Gasteiger partial charge in [0.2, 0.25) is 5.78 Å². The third-order valence-corrected chi connectivity index (χ3v) is 2.55. The maximum atomic E-state index is 12.0. The second-order valence-corrected chi connectivity index (χ2v) is 3.55. The fourth-order valence-corrected chi connectivity index (χ4v) is 1.61. The minimum Gasteiger partial charge on any atom is -0.489 e. The molecule has 3 heteroatoms. The minimum absolute atomic E-state index is 0.0719. The van der Waals surface area contributed by atoms with E-state index in [0.29, 0.717) is 23.6 Å². The van der Waals surface area contributed by atoms with Crippen LogP contribution in [0.5, 0.6) is 0 Å². The molecule has 1 aromatic carbocycles. The van der Waals surface area contributed by atoms with Gasteiger partial charge < -0.3 is 10.5 Å². The molecule has 0 atom stereocenters. The molecule has 1 aliphatic heterocycles. The Balaban J connectivity index is 2.37.